The molecule has 0 N–H and O–H groups in total. The van der Waals surface area contributed by atoms with Crippen LogP contribution in [0.15, 0.2) is 30.3 Å². The van der Waals surface area contributed by atoms with Crippen LogP contribution in [0.25, 0.3) is 0 Å². The first-order chi connectivity index (χ1) is 14.3. The van der Waals surface area contributed by atoms with E-state index in [0.29, 0.717) is 17.3 Å². The normalized spacial score (nSPS) is 15.2. The Morgan fingerprint density at radius 1 is 0.839 bits per heavy atom. The zero-order valence-electron chi connectivity index (χ0n) is 21.3. The Labute approximate surface area is 191 Å². The third-order valence-electron chi connectivity index (χ3n) is 5.78. The summed E-state index contributed by atoms with van der Waals surface area (Å²) >= 11 is 0. The maximum absolute atomic E-state index is 13.1. The number of rotatable bonds is 12. The van der Waals surface area contributed by atoms with E-state index in [0.717, 1.165) is 31.2 Å². The van der Waals surface area contributed by atoms with Gasteiger partial charge in [0, 0.05) is 12.3 Å². The molecule has 0 radical (unpaired) electrons. The molecule has 0 bridgehead atoms. The van der Waals surface area contributed by atoms with E-state index in [4.69, 9.17) is 4.74 Å². The van der Waals surface area contributed by atoms with E-state index in [-0.39, 0.29) is 42.5 Å². The van der Waals surface area contributed by atoms with Gasteiger partial charge in [-0.05, 0) is 53.9 Å². The molecular weight excluding hydrogens is 384 g/mol. The van der Waals surface area contributed by atoms with E-state index in [1.165, 1.54) is 0 Å². The lowest BCUT2D eigenvalue weighted by atomic mass is 9.74. The van der Waals surface area contributed by atoms with Crippen LogP contribution < -0.4 is 0 Å². The molecule has 0 aliphatic heterocycles. The lowest BCUT2D eigenvalue weighted by Gasteiger charge is -2.30. The standard InChI is InChI=1S/C28H46O3/c1-21(18-27(3,4)5)14-15-24(22(2)19-28(6,7)8)25(29)16-17-26(30)31-20-23-12-10-9-11-13-23/h9-13,21-22,24H,14-20H2,1-8H3. The molecule has 1 aromatic rings. The molecule has 0 fully saturated rings. The molecule has 0 heterocycles. The number of Topliss-reactive ketones (excluding diaryl/α,β-unsaturated/α-hetero) is 1. The Hall–Kier alpha value is -1.64. The third-order valence-corrected chi connectivity index (χ3v) is 5.78. The van der Waals surface area contributed by atoms with Crippen molar-refractivity contribution in [2.45, 2.75) is 101 Å². The fraction of sp³-hybridized carbons (Fsp3) is 0.714. The minimum atomic E-state index is -0.291. The highest BCUT2D eigenvalue weighted by molar-refractivity contribution is 5.85. The summed E-state index contributed by atoms with van der Waals surface area (Å²) in [5.41, 5.74) is 1.45. The fourth-order valence-corrected chi connectivity index (χ4v) is 4.70. The van der Waals surface area contributed by atoms with Crippen molar-refractivity contribution in [2.24, 2.45) is 28.6 Å². The van der Waals surface area contributed by atoms with Crippen molar-refractivity contribution in [3.8, 4) is 0 Å². The van der Waals surface area contributed by atoms with Gasteiger partial charge in [0.05, 0.1) is 6.42 Å². The molecule has 3 nitrogen and oxygen atoms in total. The smallest absolute Gasteiger partial charge is 0.306 e. The molecule has 1 rings (SSSR count). The molecular formula is C28H46O3. The zero-order valence-corrected chi connectivity index (χ0v) is 21.3. The van der Waals surface area contributed by atoms with Crippen molar-refractivity contribution < 1.29 is 14.3 Å². The first kappa shape index (κ1) is 27.4. The van der Waals surface area contributed by atoms with Crippen LogP contribution in [0.5, 0.6) is 0 Å². The third kappa shape index (κ3) is 12.7. The number of hydrogen-bond donors (Lipinski definition) is 0. The quantitative estimate of drug-likeness (QED) is 0.320. The van der Waals surface area contributed by atoms with Gasteiger partial charge in [0.1, 0.15) is 12.4 Å². The molecule has 0 amide bonds. The summed E-state index contributed by atoms with van der Waals surface area (Å²) < 4.78 is 5.36. The van der Waals surface area contributed by atoms with Crippen LogP contribution in [0.4, 0.5) is 0 Å². The highest BCUT2D eigenvalue weighted by atomic mass is 16.5. The van der Waals surface area contributed by atoms with Gasteiger partial charge in [0.15, 0.2) is 0 Å². The average molecular weight is 431 g/mol. The van der Waals surface area contributed by atoms with Crippen molar-refractivity contribution in [3.63, 3.8) is 0 Å². The predicted octanol–water partition coefficient (Wildman–Crippen LogP) is 7.62. The van der Waals surface area contributed by atoms with Gasteiger partial charge >= 0.3 is 5.97 Å². The van der Waals surface area contributed by atoms with Gasteiger partial charge in [-0.1, -0.05) is 85.7 Å². The number of carbonyl (C=O) groups excluding carboxylic acids is 2. The summed E-state index contributed by atoms with van der Waals surface area (Å²) in [7, 11) is 0. The van der Waals surface area contributed by atoms with E-state index in [2.05, 4.69) is 55.4 Å². The summed E-state index contributed by atoms with van der Waals surface area (Å²) in [4.78, 5) is 25.3. The van der Waals surface area contributed by atoms with Gasteiger partial charge in [-0.25, -0.2) is 0 Å². The first-order valence-electron chi connectivity index (χ1n) is 12.0. The molecule has 176 valence electrons. The Balaban J connectivity index is 2.63. The second-order valence-electron chi connectivity index (χ2n) is 11.9. The van der Waals surface area contributed by atoms with E-state index in [1.54, 1.807) is 0 Å². The number of carbonyl (C=O) groups is 2. The molecule has 0 aromatic heterocycles. The molecule has 3 heteroatoms. The minimum Gasteiger partial charge on any atom is -0.461 e. The lowest BCUT2D eigenvalue weighted by Crippen LogP contribution is -2.27. The summed E-state index contributed by atoms with van der Waals surface area (Å²) in [6.07, 6.45) is 4.58. The van der Waals surface area contributed by atoms with Crippen LogP contribution >= 0.6 is 0 Å². The number of ketones is 1. The van der Waals surface area contributed by atoms with Crippen LogP contribution in [-0.4, -0.2) is 11.8 Å². The van der Waals surface area contributed by atoms with Crippen molar-refractivity contribution in [1.82, 2.24) is 0 Å². The molecule has 1 aromatic carbocycles. The lowest BCUT2D eigenvalue weighted by molar-refractivity contribution is -0.146. The van der Waals surface area contributed by atoms with Crippen LogP contribution in [0.2, 0.25) is 0 Å². The molecule has 0 spiro atoms. The highest BCUT2D eigenvalue weighted by Crippen LogP contribution is 2.34. The fourth-order valence-electron chi connectivity index (χ4n) is 4.70. The largest absolute Gasteiger partial charge is 0.461 e. The predicted molar refractivity (Wildman–Crippen MR) is 130 cm³/mol. The van der Waals surface area contributed by atoms with Gasteiger partial charge in [0.25, 0.3) is 0 Å². The molecule has 3 atom stereocenters. The second-order valence-corrected chi connectivity index (χ2v) is 11.9. The Morgan fingerprint density at radius 3 is 1.97 bits per heavy atom. The van der Waals surface area contributed by atoms with Crippen LogP contribution in [-0.2, 0) is 20.9 Å². The number of ether oxygens (including phenoxy) is 1. The number of hydrogen-bond acceptors (Lipinski definition) is 3. The SMILES string of the molecule is CC(CCC(C(=O)CCC(=O)OCc1ccccc1)C(C)CC(C)(C)C)CC(C)(C)C. The van der Waals surface area contributed by atoms with Gasteiger partial charge < -0.3 is 4.74 Å². The van der Waals surface area contributed by atoms with E-state index < -0.39 is 0 Å². The summed E-state index contributed by atoms with van der Waals surface area (Å²) in [6, 6.07) is 9.65. The Bertz CT molecular complexity index is 664. The van der Waals surface area contributed by atoms with Gasteiger partial charge in [0.2, 0.25) is 0 Å². The Morgan fingerprint density at radius 2 is 1.42 bits per heavy atom. The molecule has 31 heavy (non-hydrogen) atoms. The highest BCUT2D eigenvalue weighted by Gasteiger charge is 2.29. The number of benzene rings is 1. The maximum Gasteiger partial charge on any atom is 0.306 e. The molecule has 3 unspecified atom stereocenters. The van der Waals surface area contributed by atoms with Crippen molar-refractivity contribution in [2.75, 3.05) is 0 Å². The van der Waals surface area contributed by atoms with E-state index in [1.807, 2.05) is 30.3 Å². The topological polar surface area (TPSA) is 43.4 Å². The first-order valence-corrected chi connectivity index (χ1v) is 12.0. The second kappa shape index (κ2) is 12.4. The minimum absolute atomic E-state index is 0.0172. The molecule has 0 aliphatic rings. The molecule has 0 saturated heterocycles. The van der Waals surface area contributed by atoms with Crippen LogP contribution in [0.3, 0.4) is 0 Å². The van der Waals surface area contributed by atoms with E-state index in [9.17, 15) is 9.59 Å². The Kier molecular flexibility index (Phi) is 11.0. The zero-order chi connectivity index (χ0) is 23.7. The summed E-state index contributed by atoms with van der Waals surface area (Å²) in [5, 5.41) is 0. The van der Waals surface area contributed by atoms with Gasteiger partial charge in [-0.2, -0.15) is 0 Å². The maximum atomic E-state index is 13.1. The van der Waals surface area contributed by atoms with Crippen molar-refractivity contribution in [1.29, 1.82) is 0 Å². The average Bonchev–Trinajstić information content (AvgIpc) is 2.62. The van der Waals surface area contributed by atoms with Gasteiger partial charge in [-0.15, -0.1) is 0 Å². The summed E-state index contributed by atoms with van der Waals surface area (Å²) in [5.74, 6) is 0.850. The molecule has 0 saturated carbocycles. The van der Waals surface area contributed by atoms with Crippen LogP contribution in [0.1, 0.15) is 99.5 Å². The summed E-state index contributed by atoms with van der Waals surface area (Å²) in [6.45, 7) is 18.3. The van der Waals surface area contributed by atoms with E-state index >= 15 is 0 Å². The van der Waals surface area contributed by atoms with Crippen molar-refractivity contribution >= 4 is 11.8 Å². The van der Waals surface area contributed by atoms with Gasteiger partial charge in [-0.3, -0.25) is 9.59 Å². The van der Waals surface area contributed by atoms with Crippen LogP contribution in [0, 0.1) is 28.6 Å². The van der Waals surface area contributed by atoms with Crippen molar-refractivity contribution in [3.05, 3.63) is 35.9 Å². The molecule has 0 aliphatic carbocycles. The number of esters is 1. The monoisotopic (exact) mass is 430 g/mol.